The highest BCUT2D eigenvalue weighted by Crippen LogP contribution is 2.49. The SMILES string of the molecule is O=C(O)[C@@H]1[C@H]2C[C@H]2CN1C(=O)c1ccc(F)cc1. The molecule has 1 heterocycles. The van der Waals surface area contributed by atoms with Crippen molar-refractivity contribution >= 4 is 11.9 Å². The van der Waals surface area contributed by atoms with Crippen LogP contribution in [0.2, 0.25) is 0 Å². The van der Waals surface area contributed by atoms with Gasteiger partial charge in [-0.3, -0.25) is 4.79 Å². The maximum absolute atomic E-state index is 12.8. The zero-order chi connectivity index (χ0) is 12.9. The fraction of sp³-hybridized carbons (Fsp3) is 0.385. The summed E-state index contributed by atoms with van der Waals surface area (Å²) in [5.74, 6) is -1.25. The Balaban J connectivity index is 1.84. The molecule has 2 fully saturated rings. The predicted molar refractivity (Wildman–Crippen MR) is 60.5 cm³/mol. The van der Waals surface area contributed by atoms with Crippen LogP contribution >= 0.6 is 0 Å². The molecule has 2 aliphatic rings. The molecule has 0 radical (unpaired) electrons. The van der Waals surface area contributed by atoms with E-state index in [0.717, 1.165) is 6.42 Å². The van der Waals surface area contributed by atoms with Crippen LogP contribution in [-0.4, -0.2) is 34.5 Å². The van der Waals surface area contributed by atoms with Gasteiger partial charge < -0.3 is 10.0 Å². The summed E-state index contributed by atoms with van der Waals surface area (Å²) < 4.78 is 12.8. The number of carboxylic acids is 1. The van der Waals surface area contributed by atoms with Crippen molar-refractivity contribution in [3.8, 4) is 0 Å². The lowest BCUT2D eigenvalue weighted by atomic mass is 10.1. The molecule has 18 heavy (non-hydrogen) atoms. The Morgan fingerprint density at radius 2 is 1.94 bits per heavy atom. The number of hydrogen-bond acceptors (Lipinski definition) is 2. The van der Waals surface area contributed by atoms with E-state index in [0.29, 0.717) is 18.0 Å². The average Bonchev–Trinajstić information content (AvgIpc) is 2.99. The van der Waals surface area contributed by atoms with E-state index in [1.165, 1.54) is 29.2 Å². The summed E-state index contributed by atoms with van der Waals surface area (Å²) in [6, 6.07) is 4.48. The minimum atomic E-state index is -0.949. The molecule has 3 atom stereocenters. The highest BCUT2D eigenvalue weighted by atomic mass is 19.1. The second kappa shape index (κ2) is 3.80. The Kier molecular flexibility index (Phi) is 2.36. The molecule has 0 bridgehead atoms. The van der Waals surface area contributed by atoms with E-state index in [1.807, 2.05) is 0 Å². The third-order valence-corrected chi connectivity index (χ3v) is 3.75. The number of benzene rings is 1. The fourth-order valence-corrected chi connectivity index (χ4v) is 2.75. The summed E-state index contributed by atoms with van der Waals surface area (Å²) >= 11 is 0. The minimum Gasteiger partial charge on any atom is -0.480 e. The Bertz CT molecular complexity index is 513. The van der Waals surface area contributed by atoms with Crippen LogP contribution in [0.3, 0.4) is 0 Å². The lowest BCUT2D eigenvalue weighted by molar-refractivity contribution is -0.142. The van der Waals surface area contributed by atoms with Gasteiger partial charge in [0.25, 0.3) is 5.91 Å². The maximum atomic E-state index is 12.8. The van der Waals surface area contributed by atoms with Crippen molar-refractivity contribution in [3.63, 3.8) is 0 Å². The van der Waals surface area contributed by atoms with Gasteiger partial charge in [0.05, 0.1) is 0 Å². The lowest BCUT2D eigenvalue weighted by Crippen LogP contribution is -2.43. The molecule has 0 unspecified atom stereocenters. The first kappa shape index (κ1) is 11.2. The Morgan fingerprint density at radius 1 is 1.28 bits per heavy atom. The highest BCUT2D eigenvalue weighted by Gasteiger charge is 2.57. The predicted octanol–water partition coefficient (Wildman–Crippen LogP) is 1.37. The summed E-state index contributed by atoms with van der Waals surface area (Å²) in [6.45, 7) is 0.498. The largest absolute Gasteiger partial charge is 0.480 e. The summed E-state index contributed by atoms with van der Waals surface area (Å²) in [7, 11) is 0. The van der Waals surface area contributed by atoms with Crippen molar-refractivity contribution in [2.75, 3.05) is 6.54 Å². The number of aliphatic carboxylic acids is 1. The first-order valence-electron chi connectivity index (χ1n) is 5.87. The molecule has 1 N–H and O–H groups in total. The van der Waals surface area contributed by atoms with E-state index in [9.17, 15) is 14.0 Å². The normalized spacial score (nSPS) is 28.9. The van der Waals surface area contributed by atoms with Gasteiger partial charge in [-0.05, 0) is 42.5 Å². The minimum absolute atomic E-state index is 0.104. The van der Waals surface area contributed by atoms with Gasteiger partial charge in [-0.1, -0.05) is 0 Å². The molecular weight excluding hydrogens is 237 g/mol. The number of halogens is 1. The van der Waals surface area contributed by atoms with E-state index in [4.69, 9.17) is 5.11 Å². The van der Waals surface area contributed by atoms with Crippen LogP contribution in [0.25, 0.3) is 0 Å². The van der Waals surface area contributed by atoms with Gasteiger partial charge >= 0.3 is 5.97 Å². The fourth-order valence-electron chi connectivity index (χ4n) is 2.75. The summed E-state index contributed by atoms with van der Waals surface area (Å²) in [6.07, 6.45) is 0.893. The second-order valence-corrected chi connectivity index (χ2v) is 4.91. The molecule has 1 saturated heterocycles. The van der Waals surface area contributed by atoms with Crippen molar-refractivity contribution in [2.45, 2.75) is 12.5 Å². The molecule has 1 amide bonds. The zero-order valence-electron chi connectivity index (χ0n) is 9.54. The Labute approximate surface area is 103 Å². The first-order valence-corrected chi connectivity index (χ1v) is 5.87. The van der Waals surface area contributed by atoms with Crippen molar-refractivity contribution < 1.29 is 19.1 Å². The molecule has 1 aliphatic heterocycles. The number of nitrogens with zero attached hydrogens (tertiary/aromatic N) is 1. The van der Waals surface area contributed by atoms with E-state index < -0.39 is 17.8 Å². The molecule has 94 valence electrons. The molecule has 0 spiro atoms. The summed E-state index contributed by atoms with van der Waals surface area (Å²) in [5.41, 5.74) is 0.337. The molecule has 4 nitrogen and oxygen atoms in total. The van der Waals surface area contributed by atoms with Crippen LogP contribution in [-0.2, 0) is 4.79 Å². The molecule has 5 heteroatoms. The monoisotopic (exact) mass is 249 g/mol. The smallest absolute Gasteiger partial charge is 0.326 e. The number of carbonyl (C=O) groups excluding carboxylic acids is 1. The van der Waals surface area contributed by atoms with Gasteiger partial charge in [0.15, 0.2) is 0 Å². The van der Waals surface area contributed by atoms with E-state index in [1.54, 1.807) is 0 Å². The number of piperidine rings is 1. The number of hydrogen-bond donors (Lipinski definition) is 1. The zero-order valence-corrected chi connectivity index (χ0v) is 9.54. The van der Waals surface area contributed by atoms with Crippen LogP contribution in [0.15, 0.2) is 24.3 Å². The standard InChI is InChI=1S/C13H12FNO3/c14-9-3-1-7(2-4-9)12(16)15-6-8-5-10(8)11(15)13(17)18/h1-4,8,10-11H,5-6H2,(H,17,18)/t8-,10-,11-/m0/s1. The quantitative estimate of drug-likeness (QED) is 0.861. The third-order valence-electron chi connectivity index (χ3n) is 3.75. The Morgan fingerprint density at radius 3 is 2.56 bits per heavy atom. The molecule has 1 saturated carbocycles. The van der Waals surface area contributed by atoms with E-state index in [2.05, 4.69) is 0 Å². The third kappa shape index (κ3) is 1.66. The van der Waals surface area contributed by atoms with Gasteiger partial charge in [0.1, 0.15) is 11.9 Å². The highest BCUT2D eigenvalue weighted by molar-refractivity contribution is 5.97. The molecule has 1 aromatic rings. The topological polar surface area (TPSA) is 57.6 Å². The summed E-state index contributed by atoms with van der Waals surface area (Å²) in [4.78, 5) is 24.8. The van der Waals surface area contributed by atoms with Crippen LogP contribution in [0.1, 0.15) is 16.8 Å². The van der Waals surface area contributed by atoms with Crippen LogP contribution in [0.5, 0.6) is 0 Å². The number of carbonyl (C=O) groups is 2. The van der Waals surface area contributed by atoms with Gasteiger partial charge in [-0.2, -0.15) is 0 Å². The van der Waals surface area contributed by atoms with E-state index >= 15 is 0 Å². The van der Waals surface area contributed by atoms with Crippen LogP contribution in [0.4, 0.5) is 4.39 Å². The summed E-state index contributed by atoms with van der Waals surface area (Å²) in [5, 5.41) is 9.17. The van der Waals surface area contributed by atoms with E-state index in [-0.39, 0.29) is 11.8 Å². The Hall–Kier alpha value is -1.91. The lowest BCUT2D eigenvalue weighted by Gasteiger charge is -2.24. The van der Waals surface area contributed by atoms with Gasteiger partial charge in [0.2, 0.25) is 0 Å². The second-order valence-electron chi connectivity index (χ2n) is 4.91. The van der Waals surface area contributed by atoms with Gasteiger partial charge in [-0.15, -0.1) is 0 Å². The number of carboxylic acid groups (broad SMARTS) is 1. The average molecular weight is 249 g/mol. The van der Waals surface area contributed by atoms with Crippen molar-refractivity contribution in [3.05, 3.63) is 35.6 Å². The molecule has 1 aliphatic carbocycles. The van der Waals surface area contributed by atoms with Crippen LogP contribution in [0, 0.1) is 17.7 Å². The molecular formula is C13H12FNO3. The number of fused-ring (bicyclic) bond motifs is 1. The maximum Gasteiger partial charge on any atom is 0.326 e. The van der Waals surface area contributed by atoms with Crippen molar-refractivity contribution in [2.24, 2.45) is 11.8 Å². The molecule has 0 aromatic heterocycles. The van der Waals surface area contributed by atoms with Gasteiger partial charge in [-0.25, -0.2) is 9.18 Å². The molecule has 1 aromatic carbocycles. The van der Waals surface area contributed by atoms with Crippen molar-refractivity contribution in [1.82, 2.24) is 4.90 Å². The van der Waals surface area contributed by atoms with Gasteiger partial charge in [0, 0.05) is 12.1 Å². The molecule has 3 rings (SSSR count). The number of rotatable bonds is 2. The number of likely N-dealkylation sites (tertiary alicyclic amines) is 1. The number of amides is 1. The first-order chi connectivity index (χ1) is 8.58. The van der Waals surface area contributed by atoms with Crippen LogP contribution < -0.4 is 0 Å². The van der Waals surface area contributed by atoms with Crippen molar-refractivity contribution in [1.29, 1.82) is 0 Å².